The van der Waals surface area contributed by atoms with E-state index in [9.17, 15) is 18.0 Å². The lowest BCUT2D eigenvalue weighted by molar-refractivity contribution is -0.137. The third kappa shape index (κ3) is 4.14. The van der Waals surface area contributed by atoms with E-state index < -0.39 is 17.7 Å². The molecule has 0 aliphatic carbocycles. The highest BCUT2D eigenvalue weighted by Gasteiger charge is 2.30. The summed E-state index contributed by atoms with van der Waals surface area (Å²) in [5.74, 6) is -1.10. The maximum Gasteiger partial charge on any atom is 0.416 e. The lowest BCUT2D eigenvalue weighted by atomic mass is 10.2. The van der Waals surface area contributed by atoms with Gasteiger partial charge in [0.1, 0.15) is 0 Å². The Kier molecular flexibility index (Phi) is 4.22. The van der Waals surface area contributed by atoms with Crippen LogP contribution < -0.4 is 0 Å². The van der Waals surface area contributed by atoms with Crippen LogP contribution in [0.2, 0.25) is 0 Å². The first-order valence-corrected chi connectivity index (χ1v) is 5.50. The largest absolute Gasteiger partial charge is 0.478 e. The van der Waals surface area contributed by atoms with E-state index in [0.717, 1.165) is 23.9 Å². The molecule has 1 aromatic rings. The molecule has 0 atom stereocenters. The van der Waals surface area contributed by atoms with Crippen molar-refractivity contribution in [3.63, 3.8) is 0 Å². The summed E-state index contributed by atoms with van der Waals surface area (Å²) < 4.78 is 37.1. The molecule has 0 bridgehead atoms. The highest BCUT2D eigenvalue weighted by atomic mass is 32.2. The number of thioether (sulfide) groups is 1. The van der Waals surface area contributed by atoms with Gasteiger partial charge in [-0.1, -0.05) is 12.6 Å². The second-order valence-corrected chi connectivity index (χ2v) is 4.27. The van der Waals surface area contributed by atoms with Crippen molar-refractivity contribution in [2.75, 3.05) is 5.75 Å². The third-order valence-corrected chi connectivity index (χ3v) is 2.96. The maximum atomic E-state index is 12.4. The van der Waals surface area contributed by atoms with Crippen LogP contribution in [0.15, 0.2) is 41.3 Å². The van der Waals surface area contributed by atoms with E-state index in [0.29, 0.717) is 4.90 Å². The predicted molar refractivity (Wildman–Crippen MR) is 58.9 cm³/mol. The van der Waals surface area contributed by atoms with Gasteiger partial charge in [0.25, 0.3) is 0 Å². The average Bonchev–Trinajstić information content (AvgIpc) is 2.25. The van der Waals surface area contributed by atoms with E-state index in [2.05, 4.69) is 6.58 Å². The van der Waals surface area contributed by atoms with Crippen LogP contribution >= 0.6 is 11.8 Å². The van der Waals surface area contributed by atoms with Crippen molar-refractivity contribution in [2.45, 2.75) is 11.1 Å². The van der Waals surface area contributed by atoms with E-state index in [1.165, 1.54) is 12.1 Å². The first kappa shape index (κ1) is 13.6. The van der Waals surface area contributed by atoms with Crippen LogP contribution in [0.3, 0.4) is 0 Å². The molecule has 2 nitrogen and oxygen atoms in total. The number of alkyl halides is 3. The van der Waals surface area contributed by atoms with Crippen molar-refractivity contribution in [3.8, 4) is 0 Å². The summed E-state index contributed by atoms with van der Waals surface area (Å²) in [7, 11) is 0. The molecule has 0 saturated heterocycles. The zero-order valence-corrected chi connectivity index (χ0v) is 9.44. The number of rotatable bonds is 4. The molecule has 0 spiro atoms. The Morgan fingerprint density at radius 2 is 2.06 bits per heavy atom. The second-order valence-electron chi connectivity index (χ2n) is 3.22. The van der Waals surface area contributed by atoms with Gasteiger partial charge >= 0.3 is 12.1 Å². The van der Waals surface area contributed by atoms with Crippen LogP contribution in [-0.4, -0.2) is 16.8 Å². The molecule has 1 N–H and O–H groups in total. The molecule has 0 aliphatic heterocycles. The van der Waals surface area contributed by atoms with Crippen LogP contribution in [0, 0.1) is 0 Å². The van der Waals surface area contributed by atoms with Gasteiger partial charge < -0.3 is 5.11 Å². The quantitative estimate of drug-likeness (QED) is 0.667. The van der Waals surface area contributed by atoms with Crippen LogP contribution in [0.25, 0.3) is 0 Å². The van der Waals surface area contributed by atoms with Gasteiger partial charge in [-0.05, 0) is 18.2 Å². The van der Waals surface area contributed by atoms with E-state index in [-0.39, 0.29) is 11.3 Å². The fourth-order valence-electron chi connectivity index (χ4n) is 0.994. The monoisotopic (exact) mass is 262 g/mol. The number of aliphatic carboxylic acids is 1. The molecule has 92 valence electrons. The number of carboxylic acids is 1. The number of carbonyl (C=O) groups is 1. The van der Waals surface area contributed by atoms with Gasteiger partial charge in [0.15, 0.2) is 0 Å². The molecule has 1 aromatic carbocycles. The maximum absolute atomic E-state index is 12.4. The van der Waals surface area contributed by atoms with Crippen LogP contribution in [0.1, 0.15) is 5.56 Å². The Bertz CT molecular complexity index is 441. The van der Waals surface area contributed by atoms with Gasteiger partial charge in [0, 0.05) is 16.2 Å². The number of carboxylic acid groups (broad SMARTS) is 1. The molecule has 0 fully saturated rings. The predicted octanol–water partition coefficient (Wildman–Crippen LogP) is 3.44. The Morgan fingerprint density at radius 3 is 2.59 bits per heavy atom. The topological polar surface area (TPSA) is 37.3 Å². The third-order valence-electron chi connectivity index (χ3n) is 1.88. The summed E-state index contributed by atoms with van der Waals surface area (Å²) in [6, 6.07) is 4.74. The van der Waals surface area contributed by atoms with Crippen molar-refractivity contribution in [3.05, 3.63) is 42.0 Å². The Morgan fingerprint density at radius 1 is 1.41 bits per heavy atom. The number of hydrogen-bond donors (Lipinski definition) is 1. The van der Waals surface area contributed by atoms with Gasteiger partial charge in [-0.3, -0.25) is 0 Å². The molecular formula is C11H9F3O2S. The van der Waals surface area contributed by atoms with E-state index >= 15 is 0 Å². The smallest absolute Gasteiger partial charge is 0.416 e. The van der Waals surface area contributed by atoms with Crippen LogP contribution in [0.4, 0.5) is 13.2 Å². The molecule has 0 unspecified atom stereocenters. The van der Waals surface area contributed by atoms with E-state index in [4.69, 9.17) is 5.11 Å². The number of benzene rings is 1. The molecule has 0 amide bonds. The standard InChI is InChI=1S/C11H9F3O2S/c1-7(10(15)16)6-17-9-4-2-3-8(5-9)11(12,13)14/h2-5H,1,6H2,(H,15,16). The van der Waals surface area contributed by atoms with Crippen molar-refractivity contribution >= 4 is 17.7 Å². The fourth-order valence-corrected chi connectivity index (χ4v) is 1.84. The molecule has 6 heteroatoms. The molecule has 0 aromatic heterocycles. The zero-order chi connectivity index (χ0) is 13.1. The summed E-state index contributed by atoms with van der Waals surface area (Å²) in [6.07, 6.45) is -4.39. The minimum Gasteiger partial charge on any atom is -0.478 e. The fraction of sp³-hybridized carbons (Fsp3) is 0.182. The average molecular weight is 262 g/mol. The summed E-state index contributed by atoms with van der Waals surface area (Å²) >= 11 is 1.01. The minimum absolute atomic E-state index is 0.0487. The van der Waals surface area contributed by atoms with Crippen LogP contribution in [0.5, 0.6) is 0 Å². The Labute approximate surface area is 100 Å². The normalized spacial score (nSPS) is 11.2. The second kappa shape index (κ2) is 5.27. The summed E-state index contributed by atoms with van der Waals surface area (Å²) in [5.41, 5.74) is -0.796. The summed E-state index contributed by atoms with van der Waals surface area (Å²) in [4.78, 5) is 10.8. The van der Waals surface area contributed by atoms with Crippen molar-refractivity contribution in [1.82, 2.24) is 0 Å². The summed E-state index contributed by atoms with van der Waals surface area (Å²) in [6.45, 7) is 3.30. The number of hydrogen-bond acceptors (Lipinski definition) is 2. The highest BCUT2D eigenvalue weighted by Crippen LogP contribution is 2.32. The summed E-state index contributed by atoms with van der Waals surface area (Å²) in [5, 5.41) is 8.55. The first-order chi connectivity index (χ1) is 7.80. The Balaban J connectivity index is 2.73. The zero-order valence-electron chi connectivity index (χ0n) is 8.62. The molecule has 0 heterocycles. The molecule has 0 saturated carbocycles. The lowest BCUT2D eigenvalue weighted by Crippen LogP contribution is -2.04. The van der Waals surface area contributed by atoms with E-state index in [1.54, 1.807) is 0 Å². The molecule has 1 rings (SSSR count). The van der Waals surface area contributed by atoms with Gasteiger partial charge in [0.2, 0.25) is 0 Å². The van der Waals surface area contributed by atoms with Crippen molar-refractivity contribution in [1.29, 1.82) is 0 Å². The van der Waals surface area contributed by atoms with E-state index in [1.807, 2.05) is 0 Å². The SMILES string of the molecule is C=C(CSc1cccc(C(F)(F)F)c1)C(=O)O. The van der Waals surface area contributed by atoms with Crippen LogP contribution in [-0.2, 0) is 11.0 Å². The Hall–Kier alpha value is -1.43. The first-order valence-electron chi connectivity index (χ1n) is 4.52. The molecular weight excluding hydrogens is 253 g/mol. The minimum atomic E-state index is -4.39. The molecule has 0 radical (unpaired) electrons. The van der Waals surface area contributed by atoms with Gasteiger partial charge in [-0.25, -0.2) is 4.79 Å². The molecule has 0 aliphatic rings. The van der Waals surface area contributed by atoms with Gasteiger partial charge in [0.05, 0.1) is 5.56 Å². The molecule has 17 heavy (non-hydrogen) atoms. The number of halogens is 3. The van der Waals surface area contributed by atoms with Crippen molar-refractivity contribution in [2.24, 2.45) is 0 Å². The lowest BCUT2D eigenvalue weighted by Gasteiger charge is -2.08. The highest BCUT2D eigenvalue weighted by molar-refractivity contribution is 7.99. The van der Waals surface area contributed by atoms with Gasteiger partial charge in [-0.15, -0.1) is 11.8 Å². The van der Waals surface area contributed by atoms with Gasteiger partial charge in [-0.2, -0.15) is 13.2 Å². The van der Waals surface area contributed by atoms with Crippen molar-refractivity contribution < 1.29 is 23.1 Å².